The van der Waals surface area contributed by atoms with Crippen LogP contribution in [0, 0.1) is 13.8 Å². The molecule has 5 rings (SSSR count). The van der Waals surface area contributed by atoms with Gasteiger partial charge < -0.3 is 10.2 Å². The molecule has 1 aliphatic rings. The molecule has 0 bridgehead atoms. The van der Waals surface area contributed by atoms with Crippen molar-refractivity contribution in [2.24, 2.45) is 0 Å². The lowest BCUT2D eigenvalue weighted by atomic mass is 9.71. The van der Waals surface area contributed by atoms with E-state index in [-0.39, 0.29) is 0 Å². The zero-order valence-corrected chi connectivity index (χ0v) is 16.0. The Bertz CT molecular complexity index is 1100. The number of benzene rings is 4. The lowest BCUT2D eigenvalue weighted by Gasteiger charge is -2.40. The fourth-order valence-electron chi connectivity index (χ4n) is 4.65. The van der Waals surface area contributed by atoms with Crippen LogP contribution in [-0.4, -0.2) is 10.2 Å². The van der Waals surface area contributed by atoms with Crippen molar-refractivity contribution in [3.05, 3.63) is 118 Å². The molecule has 1 aliphatic carbocycles. The fraction of sp³-hybridized carbons (Fsp3) is 0.154. The molecule has 0 amide bonds. The normalized spacial score (nSPS) is 23.3. The van der Waals surface area contributed by atoms with Gasteiger partial charge >= 0.3 is 0 Å². The van der Waals surface area contributed by atoms with Crippen molar-refractivity contribution in [1.82, 2.24) is 0 Å². The molecule has 2 heteroatoms. The highest BCUT2D eigenvalue weighted by molar-refractivity contribution is 5.95. The predicted molar refractivity (Wildman–Crippen MR) is 112 cm³/mol. The third kappa shape index (κ3) is 2.05. The van der Waals surface area contributed by atoms with Crippen LogP contribution in [0.2, 0.25) is 0 Å². The van der Waals surface area contributed by atoms with E-state index in [0.29, 0.717) is 11.1 Å². The maximum atomic E-state index is 12.3. The second kappa shape index (κ2) is 5.78. The molecule has 2 nitrogen and oxygen atoms in total. The molecule has 0 radical (unpaired) electrons. The first-order valence-corrected chi connectivity index (χ1v) is 9.58. The number of hydrogen-bond donors (Lipinski definition) is 2. The summed E-state index contributed by atoms with van der Waals surface area (Å²) in [5.41, 5.74) is 1.91. The van der Waals surface area contributed by atoms with Crippen molar-refractivity contribution >= 4 is 10.8 Å². The van der Waals surface area contributed by atoms with E-state index in [1.807, 2.05) is 98.8 Å². The number of aliphatic hydroxyl groups is 2. The Labute approximate surface area is 164 Å². The van der Waals surface area contributed by atoms with Gasteiger partial charge in [-0.15, -0.1) is 0 Å². The number of aryl methyl sites for hydroxylation is 2. The van der Waals surface area contributed by atoms with Gasteiger partial charge in [0.1, 0.15) is 0 Å². The standard InChI is InChI=1S/C26H22O2/c1-17-9-13-20(14-10-17)25(27)22-7-3-5-19-6-4-8-23(24(19)22)26(25,28)21-15-11-18(2)12-16-21/h3-16,27-28H,1-2H3/t25-,26-/m0/s1. The van der Waals surface area contributed by atoms with Crippen LogP contribution in [0.4, 0.5) is 0 Å². The Hall–Kier alpha value is -2.94. The molecule has 0 aliphatic heterocycles. The summed E-state index contributed by atoms with van der Waals surface area (Å²) in [6, 6.07) is 27.4. The highest BCUT2D eigenvalue weighted by Crippen LogP contribution is 2.57. The predicted octanol–water partition coefficient (Wildman–Crippen LogP) is 4.94. The number of hydrogen-bond acceptors (Lipinski definition) is 2. The van der Waals surface area contributed by atoms with Crippen molar-refractivity contribution in [1.29, 1.82) is 0 Å². The highest BCUT2D eigenvalue weighted by atomic mass is 16.4. The Kier molecular flexibility index (Phi) is 3.54. The third-order valence-corrected chi connectivity index (χ3v) is 6.15. The molecule has 2 atom stereocenters. The van der Waals surface area contributed by atoms with Crippen molar-refractivity contribution in [2.75, 3.05) is 0 Å². The van der Waals surface area contributed by atoms with Crippen LogP contribution in [-0.2, 0) is 11.2 Å². The molecule has 138 valence electrons. The third-order valence-electron chi connectivity index (χ3n) is 6.15. The number of rotatable bonds is 2. The molecule has 0 spiro atoms. The van der Waals surface area contributed by atoms with E-state index in [0.717, 1.165) is 33.0 Å². The van der Waals surface area contributed by atoms with Gasteiger partial charge in [0.25, 0.3) is 0 Å². The maximum Gasteiger partial charge on any atom is 0.152 e. The Morgan fingerprint density at radius 2 is 0.929 bits per heavy atom. The largest absolute Gasteiger partial charge is 0.377 e. The van der Waals surface area contributed by atoms with E-state index in [1.165, 1.54) is 0 Å². The van der Waals surface area contributed by atoms with Gasteiger partial charge in [-0.3, -0.25) is 0 Å². The minimum Gasteiger partial charge on any atom is -0.377 e. The average molecular weight is 366 g/mol. The van der Waals surface area contributed by atoms with Gasteiger partial charge in [-0.25, -0.2) is 0 Å². The summed E-state index contributed by atoms with van der Waals surface area (Å²) in [5.74, 6) is 0. The van der Waals surface area contributed by atoms with Crippen LogP contribution < -0.4 is 0 Å². The monoisotopic (exact) mass is 366 g/mol. The van der Waals surface area contributed by atoms with Gasteiger partial charge in [-0.1, -0.05) is 96.1 Å². The van der Waals surface area contributed by atoms with Crippen LogP contribution >= 0.6 is 0 Å². The van der Waals surface area contributed by atoms with E-state index < -0.39 is 11.2 Å². The zero-order chi connectivity index (χ0) is 19.5. The highest BCUT2D eigenvalue weighted by Gasteiger charge is 2.59. The van der Waals surface area contributed by atoms with Gasteiger partial charge in [0, 0.05) is 0 Å². The van der Waals surface area contributed by atoms with Crippen molar-refractivity contribution in [2.45, 2.75) is 25.0 Å². The van der Waals surface area contributed by atoms with Gasteiger partial charge in [0.2, 0.25) is 0 Å². The van der Waals surface area contributed by atoms with Crippen LogP contribution in [0.5, 0.6) is 0 Å². The molecule has 0 heterocycles. The van der Waals surface area contributed by atoms with Crippen molar-refractivity contribution < 1.29 is 10.2 Å². The molecule has 0 saturated heterocycles. The van der Waals surface area contributed by atoms with E-state index in [9.17, 15) is 10.2 Å². The molecule has 4 aromatic rings. The van der Waals surface area contributed by atoms with Gasteiger partial charge in [0.05, 0.1) is 0 Å². The summed E-state index contributed by atoms with van der Waals surface area (Å²) in [4.78, 5) is 0. The zero-order valence-electron chi connectivity index (χ0n) is 16.0. The Morgan fingerprint density at radius 1 is 0.536 bits per heavy atom. The van der Waals surface area contributed by atoms with Crippen molar-refractivity contribution in [3.63, 3.8) is 0 Å². The Balaban J connectivity index is 1.91. The molecule has 0 saturated carbocycles. The van der Waals surface area contributed by atoms with Gasteiger partial charge in [-0.2, -0.15) is 0 Å². The van der Waals surface area contributed by atoms with Gasteiger partial charge in [-0.05, 0) is 46.9 Å². The minimum absolute atomic E-state index is 0.685. The molecule has 0 fully saturated rings. The molecule has 2 N–H and O–H groups in total. The second-order valence-corrected chi connectivity index (χ2v) is 7.86. The fourth-order valence-corrected chi connectivity index (χ4v) is 4.65. The maximum absolute atomic E-state index is 12.3. The molecular weight excluding hydrogens is 344 g/mol. The quantitative estimate of drug-likeness (QED) is 0.527. The van der Waals surface area contributed by atoms with E-state index in [1.54, 1.807) is 0 Å². The van der Waals surface area contributed by atoms with E-state index in [2.05, 4.69) is 0 Å². The first-order chi connectivity index (χ1) is 13.5. The second-order valence-electron chi connectivity index (χ2n) is 7.86. The Morgan fingerprint density at radius 3 is 1.32 bits per heavy atom. The molecule has 0 aromatic heterocycles. The van der Waals surface area contributed by atoms with Crippen LogP contribution in [0.3, 0.4) is 0 Å². The first-order valence-electron chi connectivity index (χ1n) is 9.58. The summed E-state index contributed by atoms with van der Waals surface area (Å²) in [6.07, 6.45) is 0. The topological polar surface area (TPSA) is 40.5 Å². The molecular formula is C26H22O2. The summed E-state index contributed by atoms with van der Waals surface area (Å²) in [6.45, 7) is 4.04. The first kappa shape index (κ1) is 17.2. The van der Waals surface area contributed by atoms with E-state index >= 15 is 0 Å². The summed E-state index contributed by atoms with van der Waals surface area (Å²) < 4.78 is 0. The van der Waals surface area contributed by atoms with Gasteiger partial charge in [0.15, 0.2) is 11.2 Å². The van der Waals surface area contributed by atoms with Crippen molar-refractivity contribution in [3.8, 4) is 0 Å². The minimum atomic E-state index is -1.58. The van der Waals surface area contributed by atoms with E-state index in [4.69, 9.17) is 0 Å². The molecule has 0 unspecified atom stereocenters. The summed E-state index contributed by atoms with van der Waals surface area (Å²) in [7, 11) is 0. The smallest absolute Gasteiger partial charge is 0.152 e. The molecule has 28 heavy (non-hydrogen) atoms. The lowest BCUT2D eigenvalue weighted by Crippen LogP contribution is -2.47. The van der Waals surface area contributed by atoms with Crippen LogP contribution in [0.1, 0.15) is 33.4 Å². The molecule has 4 aromatic carbocycles. The van der Waals surface area contributed by atoms with Crippen LogP contribution in [0.25, 0.3) is 10.8 Å². The summed E-state index contributed by atoms with van der Waals surface area (Å²) in [5, 5.41) is 26.5. The SMILES string of the molecule is Cc1ccc([C@]2(O)c3cccc4cccc(c34)[C@@]2(O)c2ccc(C)cc2)cc1. The lowest BCUT2D eigenvalue weighted by molar-refractivity contribution is -0.105. The average Bonchev–Trinajstić information content (AvgIpc) is 2.92. The summed E-state index contributed by atoms with van der Waals surface area (Å²) >= 11 is 0. The van der Waals surface area contributed by atoms with Crippen LogP contribution in [0.15, 0.2) is 84.9 Å².